The highest BCUT2D eigenvalue weighted by Crippen LogP contribution is 2.29. The number of hydrogen-bond acceptors (Lipinski definition) is 5. The summed E-state index contributed by atoms with van der Waals surface area (Å²) < 4.78 is 0. The van der Waals surface area contributed by atoms with Gasteiger partial charge >= 0.3 is 0 Å². The monoisotopic (exact) mass is 299 g/mol. The zero-order valence-electron chi connectivity index (χ0n) is 13.7. The fourth-order valence-corrected chi connectivity index (χ4v) is 2.16. The van der Waals surface area contributed by atoms with E-state index in [4.69, 9.17) is 11.5 Å². The maximum atomic E-state index is 6.09. The number of nitrogen functional groups attached to an aromatic ring is 2. The molecule has 0 saturated heterocycles. The second-order valence-corrected chi connectivity index (χ2v) is 6.65. The first kappa shape index (κ1) is 16.2. The summed E-state index contributed by atoms with van der Waals surface area (Å²) in [5, 5.41) is 3.54. The molecule has 5 N–H and O–H groups in total. The van der Waals surface area contributed by atoms with Gasteiger partial charge in [-0.1, -0.05) is 26.8 Å². The summed E-state index contributed by atoms with van der Waals surface area (Å²) in [5.74, 6) is 0.844. The molecule has 0 aromatic carbocycles. The van der Waals surface area contributed by atoms with Gasteiger partial charge in [-0.15, -0.1) is 0 Å². The summed E-state index contributed by atoms with van der Waals surface area (Å²) in [6, 6.07) is 7.96. The first-order valence-electron chi connectivity index (χ1n) is 7.48. The van der Waals surface area contributed by atoms with Crippen molar-refractivity contribution in [3.8, 4) is 11.3 Å². The van der Waals surface area contributed by atoms with E-state index in [-0.39, 0.29) is 5.41 Å². The third-order valence-electron chi connectivity index (χ3n) is 3.97. The van der Waals surface area contributed by atoms with Gasteiger partial charge in [-0.05, 0) is 36.1 Å². The molecule has 0 aliphatic rings. The van der Waals surface area contributed by atoms with Crippen LogP contribution in [0.4, 0.5) is 11.6 Å². The Hall–Kier alpha value is -2.14. The average Bonchev–Trinajstić information content (AvgIpc) is 2.44. The highest BCUT2D eigenvalue weighted by molar-refractivity contribution is 5.76. The number of nitrogens with zero attached hydrogens (tertiary/aromatic N) is 2. The fraction of sp³-hybridized carbons (Fsp3) is 0.412. The van der Waals surface area contributed by atoms with Crippen molar-refractivity contribution in [1.29, 1.82) is 0 Å². The fourth-order valence-electron chi connectivity index (χ4n) is 2.16. The van der Waals surface area contributed by atoms with Crippen LogP contribution in [0.1, 0.15) is 33.3 Å². The number of nitrogens with two attached hydrogens (primary N) is 2. The maximum absolute atomic E-state index is 6.09. The van der Waals surface area contributed by atoms with E-state index in [0.717, 1.165) is 16.8 Å². The zero-order chi connectivity index (χ0) is 16.3. The second kappa shape index (κ2) is 6.32. The van der Waals surface area contributed by atoms with Crippen molar-refractivity contribution >= 4 is 11.6 Å². The van der Waals surface area contributed by atoms with Gasteiger partial charge in [0.2, 0.25) is 0 Å². The van der Waals surface area contributed by atoms with E-state index in [1.54, 1.807) is 6.20 Å². The van der Waals surface area contributed by atoms with Gasteiger partial charge in [0, 0.05) is 24.3 Å². The van der Waals surface area contributed by atoms with Gasteiger partial charge in [-0.25, -0.2) is 4.98 Å². The van der Waals surface area contributed by atoms with Gasteiger partial charge in [-0.3, -0.25) is 4.98 Å². The van der Waals surface area contributed by atoms with E-state index in [1.807, 2.05) is 24.3 Å². The van der Waals surface area contributed by atoms with Gasteiger partial charge in [0.1, 0.15) is 11.6 Å². The SMILES string of the molecule is C[C@H](NCc1cc(N)nc(N)c1-c1ccccn1)C(C)(C)C. The molecule has 22 heavy (non-hydrogen) atoms. The molecule has 1 atom stereocenters. The molecule has 2 aromatic heterocycles. The predicted molar refractivity (Wildman–Crippen MR) is 92.0 cm³/mol. The molecule has 2 rings (SSSR count). The summed E-state index contributed by atoms with van der Waals surface area (Å²) in [4.78, 5) is 8.56. The molecular weight excluding hydrogens is 274 g/mol. The molecule has 0 unspecified atom stereocenters. The Kier molecular flexibility index (Phi) is 4.66. The van der Waals surface area contributed by atoms with Crippen molar-refractivity contribution in [3.63, 3.8) is 0 Å². The lowest BCUT2D eigenvalue weighted by Crippen LogP contribution is -2.37. The summed E-state index contributed by atoms with van der Waals surface area (Å²) in [6.07, 6.45) is 1.75. The first-order valence-corrected chi connectivity index (χ1v) is 7.48. The van der Waals surface area contributed by atoms with E-state index in [1.165, 1.54) is 0 Å². The van der Waals surface area contributed by atoms with Crippen LogP contribution in [0.3, 0.4) is 0 Å². The lowest BCUT2D eigenvalue weighted by atomic mass is 9.88. The Morgan fingerprint density at radius 2 is 1.95 bits per heavy atom. The van der Waals surface area contributed by atoms with Crippen molar-refractivity contribution < 1.29 is 0 Å². The van der Waals surface area contributed by atoms with Crippen molar-refractivity contribution in [2.45, 2.75) is 40.3 Å². The Bertz CT molecular complexity index is 631. The molecule has 0 bridgehead atoms. The second-order valence-electron chi connectivity index (χ2n) is 6.65. The van der Waals surface area contributed by atoms with E-state index in [2.05, 4.69) is 43.0 Å². The Morgan fingerprint density at radius 1 is 1.23 bits per heavy atom. The largest absolute Gasteiger partial charge is 0.384 e. The molecule has 2 heterocycles. The number of nitrogens with one attached hydrogen (secondary N) is 1. The summed E-state index contributed by atoms with van der Waals surface area (Å²) in [7, 11) is 0. The highest BCUT2D eigenvalue weighted by Gasteiger charge is 2.20. The Balaban J connectivity index is 2.35. The molecule has 0 amide bonds. The highest BCUT2D eigenvalue weighted by atomic mass is 14.9. The summed E-state index contributed by atoms with van der Waals surface area (Å²) >= 11 is 0. The summed E-state index contributed by atoms with van der Waals surface area (Å²) in [6.45, 7) is 9.47. The molecule has 0 spiro atoms. The van der Waals surface area contributed by atoms with Crippen molar-refractivity contribution in [2.75, 3.05) is 11.5 Å². The van der Waals surface area contributed by atoms with Crippen LogP contribution in [0.5, 0.6) is 0 Å². The molecule has 0 saturated carbocycles. The number of anilines is 2. The van der Waals surface area contributed by atoms with E-state index >= 15 is 0 Å². The number of pyridine rings is 2. The van der Waals surface area contributed by atoms with Gasteiger partial charge in [0.15, 0.2) is 0 Å². The average molecular weight is 299 g/mol. The number of hydrogen-bond donors (Lipinski definition) is 3. The van der Waals surface area contributed by atoms with E-state index < -0.39 is 0 Å². The molecular formula is C17H25N5. The number of aromatic nitrogens is 2. The van der Waals surface area contributed by atoms with Crippen molar-refractivity contribution in [1.82, 2.24) is 15.3 Å². The third kappa shape index (κ3) is 3.74. The number of rotatable bonds is 4. The standard InChI is InChI=1S/C17H25N5/c1-11(17(2,3)4)21-10-12-9-14(18)22-16(19)15(12)13-7-5-6-8-20-13/h5-9,11,21H,10H2,1-4H3,(H4,18,19,22)/t11-/m0/s1. The van der Waals surface area contributed by atoms with Crippen molar-refractivity contribution in [3.05, 3.63) is 36.0 Å². The van der Waals surface area contributed by atoms with E-state index in [0.29, 0.717) is 24.2 Å². The molecule has 0 radical (unpaired) electrons. The van der Waals surface area contributed by atoms with Crippen LogP contribution in [0.25, 0.3) is 11.3 Å². The molecule has 5 heteroatoms. The molecule has 118 valence electrons. The lowest BCUT2D eigenvalue weighted by Gasteiger charge is -2.28. The van der Waals surface area contributed by atoms with Crippen LogP contribution in [-0.2, 0) is 6.54 Å². The van der Waals surface area contributed by atoms with Crippen LogP contribution in [0.2, 0.25) is 0 Å². The molecule has 5 nitrogen and oxygen atoms in total. The van der Waals surface area contributed by atoms with Crippen LogP contribution in [0.15, 0.2) is 30.5 Å². The molecule has 0 fully saturated rings. The maximum Gasteiger partial charge on any atom is 0.135 e. The van der Waals surface area contributed by atoms with Gasteiger partial charge in [-0.2, -0.15) is 0 Å². The first-order chi connectivity index (χ1) is 10.3. The van der Waals surface area contributed by atoms with Gasteiger partial charge in [0.25, 0.3) is 0 Å². The normalized spacial score (nSPS) is 13.1. The van der Waals surface area contributed by atoms with Gasteiger partial charge in [0.05, 0.1) is 5.69 Å². The minimum Gasteiger partial charge on any atom is -0.384 e. The molecule has 0 aliphatic carbocycles. The van der Waals surface area contributed by atoms with Crippen LogP contribution >= 0.6 is 0 Å². The van der Waals surface area contributed by atoms with Gasteiger partial charge < -0.3 is 16.8 Å². The Morgan fingerprint density at radius 3 is 2.55 bits per heavy atom. The lowest BCUT2D eigenvalue weighted by molar-refractivity contribution is 0.285. The zero-order valence-corrected chi connectivity index (χ0v) is 13.7. The van der Waals surface area contributed by atoms with Crippen molar-refractivity contribution in [2.24, 2.45) is 5.41 Å². The summed E-state index contributed by atoms with van der Waals surface area (Å²) in [5.41, 5.74) is 14.8. The minimum atomic E-state index is 0.176. The molecule has 0 aliphatic heterocycles. The van der Waals surface area contributed by atoms with E-state index in [9.17, 15) is 0 Å². The predicted octanol–water partition coefficient (Wildman–Crippen LogP) is 2.83. The van der Waals surface area contributed by atoms with Crippen LogP contribution < -0.4 is 16.8 Å². The minimum absolute atomic E-state index is 0.176. The third-order valence-corrected chi connectivity index (χ3v) is 3.97. The van der Waals surface area contributed by atoms with Crippen LogP contribution in [0, 0.1) is 5.41 Å². The molecule has 2 aromatic rings. The smallest absolute Gasteiger partial charge is 0.135 e. The topological polar surface area (TPSA) is 89.8 Å². The Labute approximate surface area is 132 Å². The quantitative estimate of drug-likeness (QED) is 0.807. The van der Waals surface area contributed by atoms with Crippen LogP contribution in [-0.4, -0.2) is 16.0 Å².